The van der Waals surface area contributed by atoms with Gasteiger partial charge in [0.1, 0.15) is 0 Å². The molecule has 1 aromatic carbocycles. The molecule has 1 atom stereocenters. The van der Waals surface area contributed by atoms with Crippen molar-refractivity contribution < 1.29 is 14.2 Å². The lowest BCUT2D eigenvalue weighted by Gasteiger charge is -2.22. The molecule has 0 saturated carbocycles. The molecule has 1 aromatic rings. The zero-order valence-electron chi connectivity index (χ0n) is 13.5. The van der Waals surface area contributed by atoms with Crippen LogP contribution in [-0.2, 0) is 11.3 Å². The number of ether oxygens (including phenoxy) is 3. The Hall–Kier alpha value is -0.970. The van der Waals surface area contributed by atoms with Crippen LogP contribution in [0.5, 0.6) is 11.5 Å². The predicted octanol–water partition coefficient (Wildman–Crippen LogP) is 3.51. The van der Waals surface area contributed by atoms with E-state index in [1.807, 2.05) is 19.1 Å². The smallest absolute Gasteiger partial charge is 0.179 e. The van der Waals surface area contributed by atoms with E-state index < -0.39 is 0 Å². The van der Waals surface area contributed by atoms with Gasteiger partial charge >= 0.3 is 0 Å². The van der Waals surface area contributed by atoms with Crippen molar-refractivity contribution in [1.82, 2.24) is 5.32 Å². The van der Waals surface area contributed by atoms with Gasteiger partial charge in [-0.15, -0.1) is 0 Å². The third-order valence-electron chi connectivity index (χ3n) is 3.37. The number of nitrogens with one attached hydrogen (secondary N) is 1. The lowest BCUT2D eigenvalue weighted by atomic mass is 10.0. The topological polar surface area (TPSA) is 39.7 Å². The van der Waals surface area contributed by atoms with E-state index in [1.165, 1.54) is 0 Å². The highest BCUT2D eigenvalue weighted by Gasteiger charge is 2.15. The highest BCUT2D eigenvalue weighted by atomic mass is 35.5. The Morgan fingerprint density at radius 1 is 1.19 bits per heavy atom. The van der Waals surface area contributed by atoms with E-state index in [4.69, 9.17) is 25.8 Å². The molecule has 0 saturated heterocycles. The third kappa shape index (κ3) is 5.38. The molecule has 0 radical (unpaired) electrons. The van der Waals surface area contributed by atoms with Crippen LogP contribution in [0, 0.1) is 5.92 Å². The van der Waals surface area contributed by atoms with Crippen LogP contribution in [-0.4, -0.2) is 33.5 Å². The lowest BCUT2D eigenvalue weighted by molar-refractivity contribution is 0.108. The minimum atomic E-state index is 0.303. The number of benzene rings is 1. The van der Waals surface area contributed by atoms with Gasteiger partial charge < -0.3 is 19.5 Å². The van der Waals surface area contributed by atoms with Crippen LogP contribution < -0.4 is 14.8 Å². The Bertz CT molecular complexity index is 438. The Balaban J connectivity index is 2.76. The fourth-order valence-electron chi connectivity index (χ4n) is 2.05. The molecule has 0 heterocycles. The minimum Gasteiger partial charge on any atom is -0.493 e. The number of hydrogen-bond donors (Lipinski definition) is 1. The summed E-state index contributed by atoms with van der Waals surface area (Å²) in [6.45, 7) is 8.50. The average Bonchev–Trinajstić information content (AvgIpc) is 2.46. The van der Waals surface area contributed by atoms with Crippen molar-refractivity contribution in [3.05, 3.63) is 22.7 Å². The maximum Gasteiger partial charge on any atom is 0.179 e. The monoisotopic (exact) mass is 315 g/mol. The predicted molar refractivity (Wildman–Crippen MR) is 86.5 cm³/mol. The van der Waals surface area contributed by atoms with Crippen LogP contribution in [0.1, 0.15) is 26.3 Å². The van der Waals surface area contributed by atoms with Crippen molar-refractivity contribution in [2.24, 2.45) is 5.92 Å². The van der Waals surface area contributed by atoms with Gasteiger partial charge in [0.25, 0.3) is 0 Å². The van der Waals surface area contributed by atoms with Gasteiger partial charge in [-0.3, -0.25) is 0 Å². The maximum atomic E-state index is 6.22. The van der Waals surface area contributed by atoms with Gasteiger partial charge in [-0.05, 0) is 30.5 Å². The molecule has 0 fully saturated rings. The fraction of sp³-hybridized carbons (Fsp3) is 0.625. The molecule has 21 heavy (non-hydrogen) atoms. The van der Waals surface area contributed by atoms with E-state index in [1.54, 1.807) is 14.2 Å². The molecular formula is C16H26ClNO3. The summed E-state index contributed by atoms with van der Waals surface area (Å²) in [7, 11) is 3.19. The molecule has 0 aliphatic heterocycles. The van der Waals surface area contributed by atoms with Gasteiger partial charge in [0.2, 0.25) is 0 Å². The first-order valence-electron chi connectivity index (χ1n) is 7.24. The number of halogens is 1. The SMILES string of the molecule is CCOCC(NCc1cc(Cl)c(OC)c(OC)c1)C(C)C. The Kier molecular flexibility index (Phi) is 7.86. The van der Waals surface area contributed by atoms with Crippen LogP contribution >= 0.6 is 11.6 Å². The summed E-state index contributed by atoms with van der Waals surface area (Å²) in [5.41, 5.74) is 1.06. The van der Waals surface area contributed by atoms with Gasteiger partial charge in [-0.25, -0.2) is 0 Å². The van der Waals surface area contributed by atoms with Crippen LogP contribution in [0.15, 0.2) is 12.1 Å². The molecule has 1 rings (SSSR count). The van der Waals surface area contributed by atoms with Crippen molar-refractivity contribution >= 4 is 11.6 Å². The first-order chi connectivity index (χ1) is 10.0. The van der Waals surface area contributed by atoms with Gasteiger partial charge in [-0.2, -0.15) is 0 Å². The fourth-order valence-corrected chi connectivity index (χ4v) is 2.36. The second-order valence-electron chi connectivity index (χ2n) is 5.20. The number of methoxy groups -OCH3 is 2. The summed E-state index contributed by atoms with van der Waals surface area (Å²) in [6.07, 6.45) is 0. The van der Waals surface area contributed by atoms with Crippen LogP contribution in [0.2, 0.25) is 5.02 Å². The second-order valence-corrected chi connectivity index (χ2v) is 5.61. The molecule has 4 nitrogen and oxygen atoms in total. The van der Waals surface area contributed by atoms with Crippen molar-refractivity contribution in [3.8, 4) is 11.5 Å². The Morgan fingerprint density at radius 2 is 1.90 bits per heavy atom. The molecule has 0 spiro atoms. The molecule has 0 amide bonds. The Labute approximate surface area is 132 Å². The second kappa shape index (κ2) is 9.13. The van der Waals surface area contributed by atoms with Crippen LogP contribution in [0.4, 0.5) is 0 Å². The lowest BCUT2D eigenvalue weighted by Crippen LogP contribution is -2.37. The zero-order valence-corrected chi connectivity index (χ0v) is 14.3. The third-order valence-corrected chi connectivity index (χ3v) is 3.65. The number of hydrogen-bond acceptors (Lipinski definition) is 4. The van der Waals surface area contributed by atoms with E-state index >= 15 is 0 Å². The van der Waals surface area contributed by atoms with Crippen molar-refractivity contribution in [3.63, 3.8) is 0 Å². The summed E-state index contributed by atoms with van der Waals surface area (Å²) in [6, 6.07) is 4.14. The molecular weight excluding hydrogens is 290 g/mol. The van der Waals surface area contributed by atoms with E-state index in [9.17, 15) is 0 Å². The molecule has 0 aromatic heterocycles. The van der Waals surface area contributed by atoms with E-state index in [0.717, 1.165) is 12.2 Å². The molecule has 1 unspecified atom stereocenters. The maximum absolute atomic E-state index is 6.22. The Morgan fingerprint density at radius 3 is 2.43 bits per heavy atom. The first-order valence-corrected chi connectivity index (χ1v) is 7.62. The minimum absolute atomic E-state index is 0.303. The normalized spacial score (nSPS) is 12.5. The van der Waals surface area contributed by atoms with Crippen molar-refractivity contribution in [2.75, 3.05) is 27.4 Å². The summed E-state index contributed by atoms with van der Waals surface area (Å²) >= 11 is 6.22. The van der Waals surface area contributed by atoms with E-state index in [2.05, 4.69) is 19.2 Å². The summed E-state index contributed by atoms with van der Waals surface area (Å²) in [4.78, 5) is 0. The molecule has 0 bridgehead atoms. The quantitative estimate of drug-likeness (QED) is 0.757. The molecule has 120 valence electrons. The van der Waals surface area contributed by atoms with Crippen molar-refractivity contribution in [1.29, 1.82) is 0 Å². The molecule has 1 N–H and O–H groups in total. The molecule has 0 aliphatic carbocycles. The average molecular weight is 316 g/mol. The summed E-state index contributed by atoms with van der Waals surface area (Å²) < 4.78 is 16.1. The highest BCUT2D eigenvalue weighted by Crippen LogP contribution is 2.35. The largest absolute Gasteiger partial charge is 0.493 e. The van der Waals surface area contributed by atoms with Crippen molar-refractivity contribution in [2.45, 2.75) is 33.4 Å². The van der Waals surface area contributed by atoms with E-state index in [-0.39, 0.29) is 0 Å². The number of rotatable bonds is 9. The summed E-state index contributed by atoms with van der Waals surface area (Å²) in [5, 5.41) is 4.06. The van der Waals surface area contributed by atoms with Gasteiger partial charge in [-0.1, -0.05) is 25.4 Å². The van der Waals surface area contributed by atoms with Gasteiger partial charge in [0.15, 0.2) is 11.5 Å². The summed E-state index contributed by atoms with van der Waals surface area (Å²) in [5.74, 6) is 1.71. The van der Waals surface area contributed by atoms with Crippen LogP contribution in [0.25, 0.3) is 0 Å². The molecule has 5 heteroatoms. The zero-order chi connectivity index (χ0) is 15.8. The van der Waals surface area contributed by atoms with Gasteiger partial charge in [0, 0.05) is 19.2 Å². The highest BCUT2D eigenvalue weighted by molar-refractivity contribution is 6.32. The van der Waals surface area contributed by atoms with Crippen LogP contribution in [0.3, 0.4) is 0 Å². The standard InChI is InChI=1S/C16H26ClNO3/c1-6-21-10-14(11(2)3)18-9-12-7-13(17)16(20-5)15(8-12)19-4/h7-8,11,14,18H,6,9-10H2,1-5H3. The molecule has 0 aliphatic rings. The first kappa shape index (κ1) is 18.1. The van der Waals surface area contributed by atoms with Gasteiger partial charge in [0.05, 0.1) is 25.8 Å². The van der Waals surface area contributed by atoms with E-state index in [0.29, 0.717) is 41.6 Å².